The summed E-state index contributed by atoms with van der Waals surface area (Å²) in [5.41, 5.74) is 7.29. The van der Waals surface area contributed by atoms with E-state index in [9.17, 15) is 4.79 Å². The van der Waals surface area contributed by atoms with E-state index in [0.717, 1.165) is 37.4 Å². The van der Waals surface area contributed by atoms with Crippen molar-refractivity contribution < 1.29 is 4.79 Å². The second kappa shape index (κ2) is 9.67. The lowest BCUT2D eigenvalue weighted by Crippen LogP contribution is -2.59. The normalized spacial score (nSPS) is 17.2. The smallest absolute Gasteiger partial charge is 0.251 e. The molecule has 2 fully saturated rings. The summed E-state index contributed by atoms with van der Waals surface area (Å²) in [5, 5.41) is 3.84. The molecular weight excluding hydrogens is 458 g/mol. The van der Waals surface area contributed by atoms with E-state index in [0.29, 0.717) is 11.0 Å². The molecule has 0 aliphatic carbocycles. The first-order valence-corrected chi connectivity index (χ1v) is 13.3. The maximum Gasteiger partial charge on any atom is 0.251 e. The van der Waals surface area contributed by atoms with Crippen LogP contribution in [0.25, 0.3) is 11.0 Å². The van der Waals surface area contributed by atoms with E-state index in [-0.39, 0.29) is 5.91 Å². The lowest BCUT2D eigenvalue weighted by atomic mass is 9.72. The summed E-state index contributed by atoms with van der Waals surface area (Å²) in [6.07, 6.45) is 6.65. The van der Waals surface area contributed by atoms with E-state index in [1.54, 1.807) is 7.05 Å². The third-order valence-corrected chi connectivity index (χ3v) is 8.22. The van der Waals surface area contributed by atoms with Crippen molar-refractivity contribution in [2.24, 2.45) is 5.41 Å². The number of hydrogen-bond donors (Lipinski definition) is 1. The van der Waals surface area contributed by atoms with Crippen LogP contribution in [0.2, 0.25) is 0 Å². The maximum atomic E-state index is 11.8. The van der Waals surface area contributed by atoms with Crippen molar-refractivity contribution in [2.75, 3.05) is 38.1 Å². The number of rotatable bonds is 6. The molecule has 190 valence electrons. The van der Waals surface area contributed by atoms with Crippen LogP contribution in [0.1, 0.15) is 39.9 Å². The molecule has 6 heteroatoms. The Morgan fingerprint density at radius 3 is 2.32 bits per heavy atom. The minimum Gasteiger partial charge on any atom is -0.370 e. The Balaban J connectivity index is 1.06. The molecule has 1 N–H and O–H groups in total. The van der Waals surface area contributed by atoms with Gasteiger partial charge >= 0.3 is 0 Å². The summed E-state index contributed by atoms with van der Waals surface area (Å²) in [5.74, 6) is -0.0623. The molecule has 0 bridgehead atoms. The number of hydrogen-bond acceptors (Lipinski definition) is 4. The third-order valence-electron chi connectivity index (χ3n) is 8.22. The van der Waals surface area contributed by atoms with Crippen molar-refractivity contribution in [1.82, 2.24) is 19.8 Å². The fraction of sp³-hybridized carbons (Fsp3) is 0.355. The van der Waals surface area contributed by atoms with Gasteiger partial charge in [-0.3, -0.25) is 9.69 Å². The number of amides is 1. The van der Waals surface area contributed by atoms with Crippen LogP contribution in [0.5, 0.6) is 0 Å². The predicted molar refractivity (Wildman–Crippen MR) is 149 cm³/mol. The van der Waals surface area contributed by atoms with Gasteiger partial charge in [-0.15, -0.1) is 0 Å². The van der Waals surface area contributed by atoms with Crippen LogP contribution in [0.3, 0.4) is 0 Å². The number of carbonyl (C=O) groups excluding carboxylic acids is 1. The Kier molecular flexibility index (Phi) is 6.21. The number of anilines is 1. The van der Waals surface area contributed by atoms with Crippen molar-refractivity contribution in [1.29, 1.82) is 0 Å². The number of benzene rings is 2. The van der Waals surface area contributed by atoms with Gasteiger partial charge in [-0.25, -0.2) is 4.98 Å². The van der Waals surface area contributed by atoms with Crippen LogP contribution in [0.4, 0.5) is 5.69 Å². The van der Waals surface area contributed by atoms with E-state index in [2.05, 4.69) is 69.2 Å². The Morgan fingerprint density at radius 2 is 1.62 bits per heavy atom. The fourth-order valence-corrected chi connectivity index (χ4v) is 5.99. The van der Waals surface area contributed by atoms with Gasteiger partial charge in [0, 0.05) is 63.5 Å². The van der Waals surface area contributed by atoms with Crippen LogP contribution >= 0.6 is 0 Å². The highest BCUT2D eigenvalue weighted by Crippen LogP contribution is 2.42. The summed E-state index contributed by atoms with van der Waals surface area (Å²) in [4.78, 5) is 21.8. The van der Waals surface area contributed by atoms with Gasteiger partial charge < -0.3 is 14.8 Å². The molecule has 6 rings (SSSR count). The highest BCUT2D eigenvalue weighted by atomic mass is 16.1. The topological polar surface area (TPSA) is 53.4 Å². The lowest BCUT2D eigenvalue weighted by Gasteiger charge is -2.54. The molecule has 0 unspecified atom stereocenters. The monoisotopic (exact) mass is 493 g/mol. The highest BCUT2D eigenvalue weighted by Gasteiger charge is 2.44. The number of piperidine rings is 1. The fourth-order valence-electron chi connectivity index (χ4n) is 5.99. The van der Waals surface area contributed by atoms with Gasteiger partial charge in [-0.1, -0.05) is 42.0 Å². The second-order valence-corrected chi connectivity index (χ2v) is 10.9. The standard InChI is InChI=1S/C31H35N5O/c1-23-3-5-24(6-4-23)19-34-21-31(22-34)12-15-35(16-13-31)28-17-27-11-14-36(29(27)33-18-28)20-25-7-9-26(10-8-25)30(37)32-2/h3-11,14,17-18H,12-13,15-16,19-22H2,1-2H3,(H,32,37). The number of carbonyl (C=O) groups is 1. The summed E-state index contributed by atoms with van der Waals surface area (Å²) in [7, 11) is 1.65. The van der Waals surface area contributed by atoms with Crippen molar-refractivity contribution in [3.63, 3.8) is 0 Å². The SMILES string of the molecule is CNC(=O)c1ccc(Cn2ccc3cc(N4CCC5(CC4)CN(Cc4ccc(C)cc4)C5)cnc32)cc1. The zero-order valence-corrected chi connectivity index (χ0v) is 21.8. The average Bonchev–Trinajstić information content (AvgIpc) is 3.31. The Morgan fingerprint density at radius 1 is 0.946 bits per heavy atom. The first kappa shape index (κ1) is 23.7. The van der Waals surface area contributed by atoms with Crippen LogP contribution in [0.15, 0.2) is 73.1 Å². The molecule has 4 aromatic rings. The minimum absolute atomic E-state index is 0.0623. The maximum absolute atomic E-state index is 11.8. The lowest BCUT2D eigenvalue weighted by molar-refractivity contribution is -0.0240. The van der Waals surface area contributed by atoms with Crippen molar-refractivity contribution in [2.45, 2.75) is 32.9 Å². The number of aromatic nitrogens is 2. The first-order chi connectivity index (χ1) is 18.0. The number of nitrogens with one attached hydrogen (secondary N) is 1. The molecule has 0 radical (unpaired) electrons. The molecule has 1 spiro atoms. The summed E-state index contributed by atoms with van der Waals surface area (Å²) in [6, 6.07) is 21.2. The molecule has 2 aliphatic heterocycles. The number of nitrogens with zero attached hydrogens (tertiary/aromatic N) is 4. The van der Waals surface area contributed by atoms with E-state index in [1.807, 2.05) is 30.5 Å². The molecule has 2 aliphatic rings. The zero-order chi connectivity index (χ0) is 25.4. The Bertz CT molecular complexity index is 1390. The van der Waals surface area contributed by atoms with Gasteiger partial charge in [0.25, 0.3) is 5.91 Å². The number of fused-ring (bicyclic) bond motifs is 1. The summed E-state index contributed by atoms with van der Waals surface area (Å²) in [6.45, 7) is 8.60. The molecule has 0 saturated carbocycles. The number of pyridine rings is 1. The average molecular weight is 494 g/mol. The molecule has 2 aromatic carbocycles. The summed E-state index contributed by atoms with van der Waals surface area (Å²) < 4.78 is 2.18. The molecule has 0 atom stereocenters. The molecule has 1 amide bonds. The second-order valence-electron chi connectivity index (χ2n) is 10.9. The van der Waals surface area contributed by atoms with E-state index in [1.165, 1.54) is 48.1 Å². The number of aryl methyl sites for hydroxylation is 1. The molecule has 2 saturated heterocycles. The molecule has 37 heavy (non-hydrogen) atoms. The molecule has 4 heterocycles. The first-order valence-electron chi connectivity index (χ1n) is 13.3. The van der Waals surface area contributed by atoms with Crippen molar-refractivity contribution in [3.8, 4) is 0 Å². The Hall–Kier alpha value is -3.64. The van der Waals surface area contributed by atoms with Gasteiger partial charge in [0.2, 0.25) is 0 Å². The van der Waals surface area contributed by atoms with Gasteiger partial charge in [-0.05, 0) is 60.6 Å². The van der Waals surface area contributed by atoms with Gasteiger partial charge in [0.15, 0.2) is 0 Å². The summed E-state index contributed by atoms with van der Waals surface area (Å²) >= 11 is 0. The van der Waals surface area contributed by atoms with E-state index < -0.39 is 0 Å². The molecule has 2 aromatic heterocycles. The van der Waals surface area contributed by atoms with E-state index >= 15 is 0 Å². The van der Waals surface area contributed by atoms with Gasteiger partial charge in [-0.2, -0.15) is 0 Å². The van der Waals surface area contributed by atoms with Crippen molar-refractivity contribution >= 4 is 22.6 Å². The van der Waals surface area contributed by atoms with Crippen LogP contribution in [0, 0.1) is 12.3 Å². The quantitative estimate of drug-likeness (QED) is 0.417. The van der Waals surface area contributed by atoms with Crippen LogP contribution < -0.4 is 10.2 Å². The Labute approximate surface area is 218 Å². The van der Waals surface area contributed by atoms with Crippen LogP contribution in [-0.2, 0) is 13.1 Å². The van der Waals surface area contributed by atoms with Crippen molar-refractivity contribution in [3.05, 3.63) is 95.3 Å². The van der Waals surface area contributed by atoms with Gasteiger partial charge in [0.1, 0.15) is 5.65 Å². The van der Waals surface area contributed by atoms with E-state index in [4.69, 9.17) is 4.98 Å². The highest BCUT2D eigenvalue weighted by molar-refractivity contribution is 5.93. The van der Waals surface area contributed by atoms with Crippen LogP contribution in [-0.4, -0.2) is 53.6 Å². The van der Waals surface area contributed by atoms with Gasteiger partial charge in [0.05, 0.1) is 11.9 Å². The zero-order valence-electron chi connectivity index (χ0n) is 21.8. The number of likely N-dealkylation sites (tertiary alicyclic amines) is 1. The molecular formula is C31H35N5O. The largest absolute Gasteiger partial charge is 0.370 e. The minimum atomic E-state index is -0.0623. The predicted octanol–water partition coefficient (Wildman–Crippen LogP) is 4.86. The molecule has 6 nitrogen and oxygen atoms in total. The third kappa shape index (κ3) is 4.86.